The van der Waals surface area contributed by atoms with E-state index in [4.69, 9.17) is 9.97 Å². The van der Waals surface area contributed by atoms with Gasteiger partial charge in [0.1, 0.15) is 5.52 Å². The molecule has 1 N–H and O–H groups in total. The Morgan fingerprint density at radius 2 is 1.96 bits per heavy atom. The number of nitrogens with one attached hydrogen (secondary N) is 1. The molecule has 0 unspecified atom stereocenters. The van der Waals surface area contributed by atoms with E-state index in [1.165, 1.54) is 44.9 Å². The number of anilines is 1. The topological polar surface area (TPSA) is 55.6 Å². The fourth-order valence-electron chi connectivity index (χ4n) is 3.58. The molecule has 5 nitrogen and oxygen atoms in total. The van der Waals surface area contributed by atoms with Crippen LogP contribution in [0.2, 0.25) is 0 Å². The minimum atomic E-state index is 0.531. The SMILES string of the molecule is c1csc(-c2nc(NC3CC3)c3ncn(C4CCCCC4)c3n2)c1. The average molecular weight is 339 g/mol. The standard InChI is InChI=1S/C18H21N5S/c1-2-5-13(6-3-1)23-11-19-15-17(20-12-8-9-12)21-16(22-18(15)23)14-7-4-10-24-14/h4,7,10-13H,1-3,5-6,8-9H2,(H,20,21,22). The van der Waals surface area contributed by atoms with Crippen molar-refractivity contribution in [1.82, 2.24) is 19.5 Å². The molecular weight excluding hydrogens is 318 g/mol. The molecule has 0 aliphatic heterocycles. The van der Waals surface area contributed by atoms with Crippen LogP contribution in [0.5, 0.6) is 0 Å². The van der Waals surface area contributed by atoms with E-state index in [1.807, 2.05) is 6.33 Å². The van der Waals surface area contributed by atoms with Crippen LogP contribution in [-0.2, 0) is 0 Å². The van der Waals surface area contributed by atoms with E-state index in [9.17, 15) is 0 Å². The Morgan fingerprint density at radius 3 is 2.71 bits per heavy atom. The van der Waals surface area contributed by atoms with Crippen molar-refractivity contribution in [2.24, 2.45) is 0 Å². The lowest BCUT2D eigenvalue weighted by Crippen LogP contribution is -2.13. The fourth-order valence-corrected chi connectivity index (χ4v) is 4.24. The van der Waals surface area contributed by atoms with Crippen LogP contribution in [0.1, 0.15) is 51.0 Å². The maximum absolute atomic E-state index is 4.90. The molecule has 6 heteroatoms. The van der Waals surface area contributed by atoms with Crippen LogP contribution in [0.25, 0.3) is 21.9 Å². The minimum Gasteiger partial charge on any atom is -0.365 e. The van der Waals surface area contributed by atoms with Crippen molar-refractivity contribution in [3.05, 3.63) is 23.8 Å². The van der Waals surface area contributed by atoms with Crippen LogP contribution in [0.4, 0.5) is 5.82 Å². The quantitative estimate of drug-likeness (QED) is 0.752. The van der Waals surface area contributed by atoms with Gasteiger partial charge in [-0.1, -0.05) is 25.3 Å². The summed E-state index contributed by atoms with van der Waals surface area (Å²) in [6, 6.07) is 5.23. The van der Waals surface area contributed by atoms with E-state index >= 15 is 0 Å². The van der Waals surface area contributed by atoms with Gasteiger partial charge in [-0.3, -0.25) is 0 Å². The van der Waals surface area contributed by atoms with E-state index in [0.717, 1.165) is 27.7 Å². The summed E-state index contributed by atoms with van der Waals surface area (Å²) >= 11 is 1.69. The summed E-state index contributed by atoms with van der Waals surface area (Å²) in [5, 5.41) is 5.63. The number of nitrogens with zero attached hydrogens (tertiary/aromatic N) is 4. The highest BCUT2D eigenvalue weighted by Crippen LogP contribution is 2.34. The van der Waals surface area contributed by atoms with E-state index in [1.54, 1.807) is 11.3 Å². The van der Waals surface area contributed by atoms with Crippen molar-refractivity contribution in [2.45, 2.75) is 57.0 Å². The maximum atomic E-state index is 4.90. The minimum absolute atomic E-state index is 0.531. The normalized spacial score (nSPS) is 19.0. The molecular formula is C18H21N5S. The second-order valence-corrected chi connectivity index (χ2v) is 7.86. The van der Waals surface area contributed by atoms with Gasteiger partial charge >= 0.3 is 0 Å². The van der Waals surface area contributed by atoms with Gasteiger partial charge in [0.2, 0.25) is 0 Å². The lowest BCUT2D eigenvalue weighted by molar-refractivity contribution is 0.358. The number of hydrogen-bond donors (Lipinski definition) is 1. The van der Waals surface area contributed by atoms with Crippen LogP contribution in [-0.4, -0.2) is 25.6 Å². The van der Waals surface area contributed by atoms with Gasteiger partial charge in [0.25, 0.3) is 0 Å². The van der Waals surface area contributed by atoms with Crippen molar-refractivity contribution in [2.75, 3.05) is 5.32 Å². The lowest BCUT2D eigenvalue weighted by Gasteiger charge is -2.23. The molecule has 0 bridgehead atoms. The summed E-state index contributed by atoms with van der Waals surface area (Å²) in [5.74, 6) is 1.72. The molecule has 0 atom stereocenters. The molecule has 3 aromatic heterocycles. The Morgan fingerprint density at radius 1 is 1.08 bits per heavy atom. The first-order valence-electron chi connectivity index (χ1n) is 8.93. The average Bonchev–Trinajstić information content (AvgIpc) is 3.12. The van der Waals surface area contributed by atoms with Gasteiger partial charge in [-0.25, -0.2) is 15.0 Å². The molecule has 0 radical (unpaired) electrons. The number of imidazole rings is 1. The third kappa shape index (κ3) is 2.59. The van der Waals surface area contributed by atoms with E-state index < -0.39 is 0 Å². The molecule has 0 saturated heterocycles. The first-order chi connectivity index (χ1) is 11.9. The number of rotatable bonds is 4. The molecule has 3 aromatic rings. The Kier molecular flexibility index (Phi) is 3.51. The van der Waals surface area contributed by atoms with Gasteiger partial charge in [0.05, 0.1) is 11.2 Å². The van der Waals surface area contributed by atoms with Crippen molar-refractivity contribution >= 4 is 28.3 Å². The highest BCUT2D eigenvalue weighted by Gasteiger charge is 2.26. The zero-order valence-electron chi connectivity index (χ0n) is 13.6. The van der Waals surface area contributed by atoms with Crippen LogP contribution in [0.3, 0.4) is 0 Å². The molecule has 24 heavy (non-hydrogen) atoms. The Bertz CT molecular complexity index is 844. The third-order valence-corrected chi connectivity index (χ3v) is 5.92. The van der Waals surface area contributed by atoms with Gasteiger partial charge in [-0.2, -0.15) is 0 Å². The third-order valence-electron chi connectivity index (χ3n) is 5.05. The second kappa shape index (κ2) is 5.84. The Balaban J connectivity index is 1.64. The largest absolute Gasteiger partial charge is 0.365 e. The number of fused-ring (bicyclic) bond motifs is 1. The van der Waals surface area contributed by atoms with Crippen LogP contribution >= 0.6 is 11.3 Å². The predicted octanol–water partition coefficient (Wildman–Crippen LogP) is 4.63. The maximum Gasteiger partial charge on any atom is 0.173 e. The summed E-state index contributed by atoms with van der Waals surface area (Å²) < 4.78 is 2.30. The molecule has 3 heterocycles. The highest BCUT2D eigenvalue weighted by atomic mass is 32.1. The number of thiophene rings is 1. The van der Waals surface area contributed by atoms with Crippen molar-refractivity contribution in [3.8, 4) is 10.7 Å². The first-order valence-corrected chi connectivity index (χ1v) is 9.81. The summed E-state index contributed by atoms with van der Waals surface area (Å²) in [4.78, 5) is 15.5. The zero-order valence-corrected chi connectivity index (χ0v) is 14.4. The first kappa shape index (κ1) is 14.4. The summed E-state index contributed by atoms with van der Waals surface area (Å²) in [7, 11) is 0. The van der Waals surface area contributed by atoms with Gasteiger partial charge in [-0.05, 0) is 37.1 Å². The molecule has 0 aromatic carbocycles. The van der Waals surface area contributed by atoms with Crippen LogP contribution < -0.4 is 5.32 Å². The van der Waals surface area contributed by atoms with E-state index in [0.29, 0.717) is 12.1 Å². The summed E-state index contributed by atoms with van der Waals surface area (Å²) in [6.45, 7) is 0. The van der Waals surface area contributed by atoms with Gasteiger partial charge in [0, 0.05) is 12.1 Å². The molecule has 0 spiro atoms. The smallest absolute Gasteiger partial charge is 0.173 e. The van der Waals surface area contributed by atoms with Crippen molar-refractivity contribution in [3.63, 3.8) is 0 Å². The van der Waals surface area contributed by atoms with Gasteiger partial charge in [-0.15, -0.1) is 11.3 Å². The summed E-state index contributed by atoms with van der Waals surface area (Å²) in [5.41, 5.74) is 1.91. The fraction of sp³-hybridized carbons (Fsp3) is 0.500. The van der Waals surface area contributed by atoms with E-state index in [-0.39, 0.29) is 0 Å². The predicted molar refractivity (Wildman–Crippen MR) is 97.4 cm³/mol. The Hall–Kier alpha value is -1.95. The van der Waals surface area contributed by atoms with E-state index in [2.05, 4.69) is 32.4 Å². The Labute approximate surface area is 145 Å². The monoisotopic (exact) mass is 339 g/mol. The molecule has 124 valence electrons. The molecule has 2 saturated carbocycles. The van der Waals surface area contributed by atoms with Crippen molar-refractivity contribution < 1.29 is 0 Å². The number of aromatic nitrogens is 4. The highest BCUT2D eigenvalue weighted by molar-refractivity contribution is 7.13. The van der Waals surface area contributed by atoms with Crippen LogP contribution in [0.15, 0.2) is 23.8 Å². The van der Waals surface area contributed by atoms with Crippen molar-refractivity contribution in [1.29, 1.82) is 0 Å². The lowest BCUT2D eigenvalue weighted by atomic mass is 9.95. The zero-order chi connectivity index (χ0) is 15.9. The molecule has 0 amide bonds. The van der Waals surface area contributed by atoms with Crippen LogP contribution in [0, 0.1) is 0 Å². The molecule has 2 aliphatic rings. The molecule has 5 rings (SSSR count). The molecule has 2 aliphatic carbocycles. The molecule has 2 fully saturated rings. The summed E-state index contributed by atoms with van der Waals surface area (Å²) in [6.07, 6.45) is 10.9. The van der Waals surface area contributed by atoms with Gasteiger partial charge in [0.15, 0.2) is 17.3 Å². The van der Waals surface area contributed by atoms with Gasteiger partial charge < -0.3 is 9.88 Å². The number of hydrogen-bond acceptors (Lipinski definition) is 5. The second-order valence-electron chi connectivity index (χ2n) is 6.91.